The molecule has 9 nitrogen and oxygen atoms in total. The summed E-state index contributed by atoms with van der Waals surface area (Å²) in [4.78, 5) is 36.1. The number of nitrogens with one attached hydrogen (secondary N) is 1. The Morgan fingerprint density at radius 3 is 2.47 bits per heavy atom. The SMILES string of the molecule is C=C(C)CN1Cc2c(cc(NC)cc2-c2ccc3c(c2)c(C)nn3C(=O)OC(C)(C)C)C1=O.NC=O. The van der Waals surface area contributed by atoms with Crippen LogP contribution >= 0.6 is 0 Å². The number of amides is 2. The molecule has 0 aliphatic carbocycles. The zero-order valence-corrected chi connectivity index (χ0v) is 21.6. The van der Waals surface area contributed by atoms with Crippen LogP contribution in [-0.2, 0) is 16.1 Å². The summed E-state index contributed by atoms with van der Waals surface area (Å²) in [6.07, 6.45) is -0.257. The van der Waals surface area contributed by atoms with E-state index in [2.05, 4.69) is 28.8 Å². The van der Waals surface area contributed by atoms with Crippen LogP contribution < -0.4 is 11.1 Å². The molecule has 0 spiro atoms. The number of carbonyl (C=O) groups excluding carboxylic acids is 3. The Morgan fingerprint density at radius 2 is 1.89 bits per heavy atom. The van der Waals surface area contributed by atoms with Gasteiger partial charge in [-0.2, -0.15) is 9.78 Å². The van der Waals surface area contributed by atoms with Gasteiger partial charge in [-0.3, -0.25) is 9.59 Å². The number of aryl methyl sites for hydroxylation is 1. The van der Waals surface area contributed by atoms with Gasteiger partial charge < -0.3 is 20.7 Å². The highest BCUT2D eigenvalue weighted by Crippen LogP contribution is 2.37. The predicted octanol–water partition coefficient (Wildman–Crippen LogP) is 4.47. The Kier molecular flexibility index (Phi) is 7.52. The largest absolute Gasteiger partial charge is 0.442 e. The van der Waals surface area contributed by atoms with E-state index < -0.39 is 11.7 Å². The first-order valence-corrected chi connectivity index (χ1v) is 11.6. The van der Waals surface area contributed by atoms with Crippen LogP contribution in [0.3, 0.4) is 0 Å². The van der Waals surface area contributed by atoms with E-state index in [4.69, 9.17) is 9.53 Å². The lowest BCUT2D eigenvalue weighted by Crippen LogP contribution is -2.27. The highest BCUT2D eigenvalue weighted by atomic mass is 16.6. The van der Waals surface area contributed by atoms with Crippen molar-refractivity contribution in [3.8, 4) is 11.1 Å². The Labute approximate surface area is 210 Å². The fraction of sp³-hybridized carbons (Fsp3) is 0.333. The van der Waals surface area contributed by atoms with Crippen LogP contribution in [0.2, 0.25) is 0 Å². The van der Waals surface area contributed by atoms with Crippen LogP contribution in [-0.4, -0.2) is 52.3 Å². The molecule has 2 amide bonds. The van der Waals surface area contributed by atoms with Crippen molar-refractivity contribution in [2.24, 2.45) is 5.73 Å². The molecule has 1 aliphatic heterocycles. The zero-order valence-electron chi connectivity index (χ0n) is 21.6. The van der Waals surface area contributed by atoms with Gasteiger partial charge in [0.2, 0.25) is 6.41 Å². The van der Waals surface area contributed by atoms with Gasteiger partial charge in [-0.05, 0) is 75.6 Å². The minimum atomic E-state index is -0.612. The van der Waals surface area contributed by atoms with E-state index in [1.807, 2.05) is 70.8 Å². The number of hydrogen-bond acceptors (Lipinski definition) is 6. The molecule has 2 heterocycles. The summed E-state index contributed by atoms with van der Waals surface area (Å²) in [7, 11) is 1.84. The van der Waals surface area contributed by atoms with Crippen LogP contribution in [0.5, 0.6) is 0 Å². The average Bonchev–Trinajstić information content (AvgIpc) is 3.29. The number of nitrogens with two attached hydrogens (primary N) is 1. The molecule has 4 rings (SSSR count). The van der Waals surface area contributed by atoms with E-state index in [1.165, 1.54) is 4.68 Å². The zero-order chi connectivity index (χ0) is 26.8. The molecule has 1 aliphatic rings. The minimum Gasteiger partial charge on any atom is -0.442 e. The third kappa shape index (κ3) is 5.40. The van der Waals surface area contributed by atoms with Gasteiger partial charge in [-0.15, -0.1) is 0 Å². The Balaban J connectivity index is 0.00000115. The summed E-state index contributed by atoms with van der Waals surface area (Å²) in [5.74, 6) is 0.0151. The highest BCUT2D eigenvalue weighted by molar-refractivity contribution is 6.02. The van der Waals surface area contributed by atoms with E-state index >= 15 is 0 Å². The van der Waals surface area contributed by atoms with Crippen molar-refractivity contribution in [2.75, 3.05) is 18.9 Å². The number of anilines is 1. The number of nitrogens with zero attached hydrogens (tertiary/aromatic N) is 3. The van der Waals surface area contributed by atoms with Crippen LogP contribution in [0.15, 0.2) is 42.5 Å². The molecule has 0 saturated heterocycles. The number of carbonyl (C=O) groups is 3. The molecule has 3 N–H and O–H groups in total. The van der Waals surface area contributed by atoms with Crippen LogP contribution in [0, 0.1) is 6.92 Å². The van der Waals surface area contributed by atoms with E-state index in [-0.39, 0.29) is 12.3 Å². The summed E-state index contributed by atoms with van der Waals surface area (Å²) in [6.45, 7) is 14.3. The second-order valence-corrected chi connectivity index (χ2v) is 9.76. The van der Waals surface area contributed by atoms with Gasteiger partial charge in [-0.1, -0.05) is 18.2 Å². The number of rotatable bonds is 4. The topological polar surface area (TPSA) is 120 Å². The van der Waals surface area contributed by atoms with Crippen LogP contribution in [0.4, 0.5) is 10.5 Å². The predicted molar refractivity (Wildman–Crippen MR) is 141 cm³/mol. The lowest BCUT2D eigenvalue weighted by atomic mass is 9.95. The molecule has 0 unspecified atom stereocenters. The van der Waals surface area contributed by atoms with E-state index in [0.29, 0.717) is 24.2 Å². The molecule has 36 heavy (non-hydrogen) atoms. The van der Waals surface area contributed by atoms with Crippen molar-refractivity contribution in [3.63, 3.8) is 0 Å². The Morgan fingerprint density at radius 1 is 1.25 bits per heavy atom. The van der Waals surface area contributed by atoms with Crippen molar-refractivity contribution in [1.29, 1.82) is 0 Å². The maximum atomic E-state index is 13.0. The fourth-order valence-corrected chi connectivity index (χ4v) is 4.20. The van der Waals surface area contributed by atoms with Crippen molar-refractivity contribution >= 4 is 35.0 Å². The van der Waals surface area contributed by atoms with E-state index in [1.54, 1.807) is 0 Å². The number of primary amides is 1. The minimum absolute atomic E-state index is 0.0151. The van der Waals surface area contributed by atoms with Gasteiger partial charge in [0.25, 0.3) is 5.91 Å². The van der Waals surface area contributed by atoms with Crippen molar-refractivity contribution in [2.45, 2.75) is 46.8 Å². The first kappa shape index (κ1) is 26.5. The Hall–Kier alpha value is -4.14. The number of aromatic nitrogens is 2. The smallest absolute Gasteiger partial charge is 0.435 e. The molecular formula is C27H33N5O4. The molecule has 1 aromatic heterocycles. The molecule has 0 bridgehead atoms. The van der Waals surface area contributed by atoms with Gasteiger partial charge in [0.05, 0.1) is 11.2 Å². The fourth-order valence-electron chi connectivity index (χ4n) is 4.20. The van der Waals surface area contributed by atoms with Gasteiger partial charge in [0.1, 0.15) is 5.60 Å². The van der Waals surface area contributed by atoms with Crippen molar-refractivity contribution in [1.82, 2.24) is 14.7 Å². The molecule has 0 saturated carbocycles. The first-order chi connectivity index (χ1) is 16.9. The molecule has 2 aromatic carbocycles. The molecule has 0 radical (unpaired) electrons. The van der Waals surface area contributed by atoms with Crippen LogP contribution in [0.25, 0.3) is 22.0 Å². The summed E-state index contributed by atoms with van der Waals surface area (Å²) in [5, 5.41) is 8.46. The van der Waals surface area contributed by atoms with Crippen molar-refractivity contribution < 1.29 is 19.1 Å². The molecule has 0 atom stereocenters. The monoisotopic (exact) mass is 491 g/mol. The van der Waals surface area contributed by atoms with E-state index in [0.717, 1.165) is 39.0 Å². The molecule has 0 fully saturated rings. The summed E-state index contributed by atoms with van der Waals surface area (Å²) in [5.41, 5.74) is 10.4. The Bertz CT molecular complexity index is 1350. The quantitative estimate of drug-likeness (QED) is 0.410. The normalized spacial score (nSPS) is 12.6. The number of benzene rings is 2. The number of ether oxygens (including phenoxy) is 1. The summed E-state index contributed by atoms with van der Waals surface area (Å²) in [6, 6.07) is 9.84. The number of fused-ring (bicyclic) bond motifs is 2. The second-order valence-electron chi connectivity index (χ2n) is 9.76. The molecular weight excluding hydrogens is 458 g/mol. The average molecular weight is 492 g/mol. The lowest BCUT2D eigenvalue weighted by Gasteiger charge is -2.19. The lowest BCUT2D eigenvalue weighted by molar-refractivity contribution is -0.106. The standard InChI is InChI=1S/C26H30N4O3.CH3NO/c1-15(2)13-29-14-22-20(11-18(27-7)12-21(22)24(29)31)17-8-9-23-19(10-17)16(3)28-30(23)25(32)33-26(4,5)6;2-1-3/h8-12,27H,1,13-14H2,2-7H3;1H,(H2,2,3). The maximum absolute atomic E-state index is 13.0. The number of hydrogen-bond donors (Lipinski definition) is 2. The highest BCUT2D eigenvalue weighted by Gasteiger charge is 2.30. The van der Waals surface area contributed by atoms with Crippen LogP contribution in [0.1, 0.15) is 49.3 Å². The van der Waals surface area contributed by atoms with Crippen molar-refractivity contribution in [3.05, 3.63) is 59.3 Å². The maximum Gasteiger partial charge on any atom is 0.435 e. The second kappa shape index (κ2) is 10.2. The summed E-state index contributed by atoms with van der Waals surface area (Å²) < 4.78 is 6.82. The van der Waals surface area contributed by atoms with Gasteiger partial charge >= 0.3 is 6.09 Å². The molecule has 9 heteroatoms. The van der Waals surface area contributed by atoms with E-state index in [9.17, 15) is 9.59 Å². The third-order valence-electron chi connectivity index (χ3n) is 5.61. The summed E-state index contributed by atoms with van der Waals surface area (Å²) >= 11 is 0. The van der Waals surface area contributed by atoms with Gasteiger partial charge in [-0.25, -0.2) is 4.79 Å². The van der Waals surface area contributed by atoms with Gasteiger partial charge in [0, 0.05) is 36.8 Å². The molecule has 3 aromatic rings. The van der Waals surface area contributed by atoms with Gasteiger partial charge in [0.15, 0.2) is 0 Å². The first-order valence-electron chi connectivity index (χ1n) is 11.6. The third-order valence-corrected chi connectivity index (χ3v) is 5.61. The molecule has 190 valence electrons.